The first-order chi connectivity index (χ1) is 5.54. The molecular formula is C5H7N4O2S-. The van der Waals surface area contributed by atoms with E-state index in [2.05, 4.69) is 16.8 Å². The summed E-state index contributed by atoms with van der Waals surface area (Å²) in [5.74, 6) is -0.107. The lowest BCUT2D eigenvalue weighted by atomic mass is 10.3. The van der Waals surface area contributed by atoms with Gasteiger partial charge in [0.25, 0.3) is 0 Å². The molecule has 6 nitrogen and oxygen atoms in total. The maximum Gasteiger partial charge on any atom is 0.161 e. The Labute approximate surface area is 70.9 Å². The highest BCUT2D eigenvalue weighted by molar-refractivity contribution is 7.79. The number of rotatable bonds is 2. The third-order valence-electron chi connectivity index (χ3n) is 1.24. The Balaban J connectivity index is 3.31. The van der Waals surface area contributed by atoms with E-state index in [4.69, 9.17) is 11.5 Å². The van der Waals surface area contributed by atoms with E-state index in [1.165, 1.54) is 0 Å². The number of aromatic amines is 1. The van der Waals surface area contributed by atoms with Gasteiger partial charge in [0.15, 0.2) is 5.82 Å². The van der Waals surface area contributed by atoms with Crippen molar-refractivity contribution in [1.82, 2.24) is 10.2 Å². The van der Waals surface area contributed by atoms with E-state index in [9.17, 15) is 8.76 Å². The molecule has 12 heavy (non-hydrogen) atoms. The van der Waals surface area contributed by atoms with Gasteiger partial charge in [-0.3, -0.25) is 9.31 Å². The van der Waals surface area contributed by atoms with Gasteiger partial charge in [0.2, 0.25) is 0 Å². The second-order valence-corrected chi connectivity index (χ2v) is 2.95. The zero-order valence-electron chi connectivity index (χ0n) is 6.03. The lowest BCUT2D eigenvalue weighted by Crippen LogP contribution is -2.01. The fourth-order valence-electron chi connectivity index (χ4n) is 0.732. The number of nitrogen functional groups attached to an aromatic ring is 1. The summed E-state index contributed by atoms with van der Waals surface area (Å²) in [6, 6.07) is 0. The molecule has 66 valence electrons. The summed E-state index contributed by atoms with van der Waals surface area (Å²) in [5, 5.41) is 5.84. The fraction of sp³-hybridized carbons (Fsp3) is 0. The van der Waals surface area contributed by atoms with Crippen molar-refractivity contribution >= 4 is 22.6 Å². The summed E-state index contributed by atoms with van der Waals surface area (Å²) in [5.41, 5.74) is 10.7. The highest BCUT2D eigenvalue weighted by Crippen LogP contribution is 2.19. The Morgan fingerprint density at radius 3 is 2.67 bits per heavy atom. The average molecular weight is 187 g/mol. The Bertz CT molecular complexity index is 345. The molecule has 0 saturated carbocycles. The minimum atomic E-state index is -2.45. The van der Waals surface area contributed by atoms with E-state index in [1.54, 1.807) is 0 Å². The van der Waals surface area contributed by atoms with Gasteiger partial charge in [-0.1, -0.05) is 6.58 Å². The van der Waals surface area contributed by atoms with Gasteiger partial charge in [-0.05, 0) is 11.1 Å². The number of anilines is 1. The summed E-state index contributed by atoms with van der Waals surface area (Å²) in [6.45, 7) is 3.36. The molecule has 0 spiro atoms. The molecule has 0 aliphatic heterocycles. The molecule has 0 radical (unpaired) electrons. The van der Waals surface area contributed by atoms with Crippen LogP contribution in [0.5, 0.6) is 0 Å². The molecule has 1 aromatic rings. The van der Waals surface area contributed by atoms with Gasteiger partial charge >= 0.3 is 0 Å². The van der Waals surface area contributed by atoms with E-state index < -0.39 is 11.1 Å². The number of hydrogen-bond acceptors (Lipinski definition) is 5. The van der Waals surface area contributed by atoms with Crippen LogP contribution in [0.4, 0.5) is 5.82 Å². The quantitative estimate of drug-likeness (QED) is 0.521. The Hall–Kier alpha value is -1.34. The van der Waals surface area contributed by atoms with Gasteiger partial charge in [0, 0.05) is 0 Å². The molecule has 0 aromatic carbocycles. The van der Waals surface area contributed by atoms with Crippen LogP contribution in [0.15, 0.2) is 11.5 Å². The number of hydrogen-bond donors (Lipinski definition) is 3. The van der Waals surface area contributed by atoms with Gasteiger partial charge in [-0.25, -0.2) is 0 Å². The van der Waals surface area contributed by atoms with Crippen LogP contribution in [0.2, 0.25) is 0 Å². The van der Waals surface area contributed by atoms with Gasteiger partial charge in [0.1, 0.15) is 0 Å². The topological polar surface area (TPSA) is 121 Å². The smallest absolute Gasteiger partial charge is 0.161 e. The molecule has 1 rings (SSSR count). The Kier molecular flexibility index (Phi) is 2.15. The third-order valence-corrected chi connectivity index (χ3v) is 1.98. The maximum absolute atomic E-state index is 10.6. The number of aromatic nitrogens is 2. The van der Waals surface area contributed by atoms with Crippen molar-refractivity contribution in [3.8, 4) is 0 Å². The van der Waals surface area contributed by atoms with E-state index in [1.807, 2.05) is 0 Å². The first-order valence-corrected chi connectivity index (χ1v) is 3.99. The van der Waals surface area contributed by atoms with E-state index in [0.717, 1.165) is 0 Å². The van der Waals surface area contributed by atoms with Crippen molar-refractivity contribution < 1.29 is 8.76 Å². The number of H-pyrrole nitrogens is 1. The van der Waals surface area contributed by atoms with Crippen LogP contribution in [-0.4, -0.2) is 19.0 Å². The standard InChI is InChI=1S/C5H8N4O2S/c1-2(6)3-4(12(10)11)5(7)9-8-3/h1,6H2,(H,10,11)(H3,7,8,9)/p-1. The van der Waals surface area contributed by atoms with Crippen LogP contribution in [0.1, 0.15) is 5.69 Å². The maximum atomic E-state index is 10.6. The molecule has 1 heterocycles. The number of nitrogens with zero attached hydrogens (tertiary/aromatic N) is 1. The summed E-state index contributed by atoms with van der Waals surface area (Å²) in [6.07, 6.45) is 0. The summed E-state index contributed by atoms with van der Waals surface area (Å²) >= 11 is -2.45. The Morgan fingerprint density at radius 1 is 1.75 bits per heavy atom. The SMILES string of the molecule is C=C(N)c1[nH]nc(N)c1S(=O)[O-]. The summed E-state index contributed by atoms with van der Waals surface area (Å²) < 4.78 is 21.1. The summed E-state index contributed by atoms with van der Waals surface area (Å²) in [7, 11) is 0. The molecule has 0 aliphatic rings. The highest BCUT2D eigenvalue weighted by atomic mass is 32.2. The van der Waals surface area contributed by atoms with Gasteiger partial charge in [0.05, 0.1) is 16.3 Å². The normalized spacial score (nSPS) is 12.8. The molecule has 0 amide bonds. The lowest BCUT2D eigenvalue weighted by Gasteiger charge is -2.05. The number of nitrogens with two attached hydrogens (primary N) is 2. The number of nitrogens with one attached hydrogen (secondary N) is 1. The second-order valence-electron chi connectivity index (χ2n) is 2.07. The predicted octanol–water partition coefficient (Wildman–Crippen LogP) is -0.841. The third kappa shape index (κ3) is 1.31. The van der Waals surface area contributed by atoms with Crippen molar-refractivity contribution in [2.24, 2.45) is 5.73 Å². The van der Waals surface area contributed by atoms with E-state index in [-0.39, 0.29) is 22.1 Å². The van der Waals surface area contributed by atoms with E-state index in [0.29, 0.717) is 0 Å². The van der Waals surface area contributed by atoms with Crippen molar-refractivity contribution in [2.45, 2.75) is 4.90 Å². The lowest BCUT2D eigenvalue weighted by molar-refractivity contribution is 0.537. The molecule has 5 N–H and O–H groups in total. The zero-order chi connectivity index (χ0) is 9.30. The van der Waals surface area contributed by atoms with Gasteiger partial charge in [-0.2, -0.15) is 5.10 Å². The van der Waals surface area contributed by atoms with Crippen LogP contribution in [0.25, 0.3) is 5.70 Å². The van der Waals surface area contributed by atoms with Crippen molar-refractivity contribution in [3.63, 3.8) is 0 Å². The first-order valence-electron chi connectivity index (χ1n) is 2.92. The van der Waals surface area contributed by atoms with Crippen LogP contribution in [0.3, 0.4) is 0 Å². The monoisotopic (exact) mass is 187 g/mol. The van der Waals surface area contributed by atoms with Crippen molar-refractivity contribution in [1.29, 1.82) is 0 Å². The fourth-order valence-corrected chi connectivity index (χ4v) is 1.29. The van der Waals surface area contributed by atoms with Gasteiger partial charge < -0.3 is 16.0 Å². The Morgan fingerprint density at radius 2 is 2.33 bits per heavy atom. The van der Waals surface area contributed by atoms with Crippen LogP contribution in [-0.2, 0) is 11.1 Å². The van der Waals surface area contributed by atoms with E-state index >= 15 is 0 Å². The van der Waals surface area contributed by atoms with Gasteiger partial charge in [-0.15, -0.1) is 0 Å². The van der Waals surface area contributed by atoms with Crippen LogP contribution < -0.4 is 11.5 Å². The molecular weight excluding hydrogens is 180 g/mol. The second kappa shape index (κ2) is 2.95. The molecule has 1 atom stereocenters. The molecule has 0 aliphatic carbocycles. The molecule has 1 unspecified atom stereocenters. The summed E-state index contributed by atoms with van der Waals surface area (Å²) in [4.78, 5) is -0.137. The first kappa shape index (κ1) is 8.75. The molecule has 0 bridgehead atoms. The van der Waals surface area contributed by atoms with Crippen LogP contribution in [0, 0.1) is 0 Å². The van der Waals surface area contributed by atoms with Crippen LogP contribution >= 0.6 is 0 Å². The van der Waals surface area contributed by atoms with Crippen molar-refractivity contribution in [3.05, 3.63) is 12.3 Å². The zero-order valence-corrected chi connectivity index (χ0v) is 6.85. The molecule has 1 aromatic heterocycles. The minimum absolute atomic E-state index is 0.0819. The average Bonchev–Trinajstić information content (AvgIpc) is 2.30. The molecule has 7 heteroatoms. The largest absolute Gasteiger partial charge is 0.768 e. The van der Waals surface area contributed by atoms with Crippen molar-refractivity contribution in [2.75, 3.05) is 5.73 Å². The minimum Gasteiger partial charge on any atom is -0.768 e. The predicted molar refractivity (Wildman–Crippen MR) is 43.4 cm³/mol. The molecule has 0 fully saturated rings. The highest BCUT2D eigenvalue weighted by Gasteiger charge is 2.11. The molecule has 0 saturated heterocycles.